The first kappa shape index (κ1) is 19.7. The van der Waals surface area contributed by atoms with Crippen LogP contribution in [0.1, 0.15) is 36.8 Å². The second-order valence-electron chi connectivity index (χ2n) is 7.15. The third kappa shape index (κ3) is 3.65. The van der Waals surface area contributed by atoms with Crippen LogP contribution >= 0.6 is 0 Å². The summed E-state index contributed by atoms with van der Waals surface area (Å²) in [5.41, 5.74) is 4.34. The summed E-state index contributed by atoms with van der Waals surface area (Å²) in [6.07, 6.45) is 0.960. The molecule has 1 fully saturated rings. The third-order valence-corrected chi connectivity index (χ3v) is 5.59. The summed E-state index contributed by atoms with van der Waals surface area (Å²) < 4.78 is 5.44. The highest BCUT2D eigenvalue weighted by Crippen LogP contribution is 2.42. The number of alkyl carbamates (subject to hydrolysis) is 1. The standard InChI is InChI=1S/C21H24N2O5/c1-4-13-12(2)14-7-5-6-8-15(14)16(13)11-28-21(27)22-17-9-19(24)23(3)18(17)10-20(25)26/h4-8,16-18H,1,9-11H2,2-3H3,(H,22,27)(H,25,26)/t16?,17-,18+/m0/s1. The number of ether oxygens (including phenoxy) is 1. The maximum absolute atomic E-state index is 12.3. The summed E-state index contributed by atoms with van der Waals surface area (Å²) in [6.45, 7) is 6.04. The van der Waals surface area contributed by atoms with Gasteiger partial charge in [-0.2, -0.15) is 0 Å². The molecule has 7 nitrogen and oxygen atoms in total. The number of allylic oxidation sites excluding steroid dienone is 2. The number of likely N-dealkylation sites (tertiary alicyclic amines) is 1. The summed E-state index contributed by atoms with van der Waals surface area (Å²) in [5, 5.41) is 11.7. The maximum Gasteiger partial charge on any atom is 0.407 e. The second-order valence-corrected chi connectivity index (χ2v) is 7.15. The molecule has 0 saturated carbocycles. The van der Waals surface area contributed by atoms with Gasteiger partial charge in [0.2, 0.25) is 5.91 Å². The molecule has 148 valence electrons. The Morgan fingerprint density at radius 2 is 2.11 bits per heavy atom. The van der Waals surface area contributed by atoms with Crippen LogP contribution in [-0.4, -0.2) is 53.7 Å². The normalized spacial score (nSPS) is 23.6. The van der Waals surface area contributed by atoms with Crippen molar-refractivity contribution in [1.82, 2.24) is 10.2 Å². The number of carbonyl (C=O) groups is 3. The number of hydrogen-bond donors (Lipinski definition) is 2. The zero-order chi connectivity index (χ0) is 20.4. The maximum atomic E-state index is 12.3. The molecule has 28 heavy (non-hydrogen) atoms. The van der Waals surface area contributed by atoms with Gasteiger partial charge in [-0.25, -0.2) is 4.79 Å². The van der Waals surface area contributed by atoms with Gasteiger partial charge in [0.15, 0.2) is 0 Å². The molecule has 1 unspecified atom stereocenters. The Morgan fingerprint density at radius 3 is 2.79 bits per heavy atom. The summed E-state index contributed by atoms with van der Waals surface area (Å²) in [4.78, 5) is 36.7. The number of nitrogens with one attached hydrogen (secondary N) is 1. The van der Waals surface area contributed by atoms with Gasteiger partial charge in [-0.3, -0.25) is 9.59 Å². The molecule has 2 amide bonds. The lowest BCUT2D eigenvalue weighted by atomic mass is 9.97. The summed E-state index contributed by atoms with van der Waals surface area (Å²) in [7, 11) is 1.54. The number of rotatable bonds is 6. The minimum Gasteiger partial charge on any atom is -0.481 e. The van der Waals surface area contributed by atoms with Gasteiger partial charge >= 0.3 is 12.1 Å². The van der Waals surface area contributed by atoms with Gasteiger partial charge in [0, 0.05) is 19.4 Å². The Bertz CT molecular complexity index is 860. The molecule has 1 aromatic carbocycles. The lowest BCUT2D eigenvalue weighted by Gasteiger charge is -2.24. The largest absolute Gasteiger partial charge is 0.481 e. The van der Waals surface area contributed by atoms with Crippen LogP contribution in [0.5, 0.6) is 0 Å². The first-order valence-electron chi connectivity index (χ1n) is 9.16. The molecule has 0 aromatic heterocycles. The van der Waals surface area contributed by atoms with Crippen molar-refractivity contribution in [2.75, 3.05) is 13.7 Å². The molecule has 3 rings (SSSR count). The molecule has 0 spiro atoms. The molecule has 3 atom stereocenters. The van der Waals surface area contributed by atoms with Crippen LogP contribution in [0.15, 0.2) is 42.5 Å². The Hall–Kier alpha value is -3.09. The van der Waals surface area contributed by atoms with Crippen molar-refractivity contribution in [3.8, 4) is 0 Å². The van der Waals surface area contributed by atoms with Gasteiger partial charge in [-0.15, -0.1) is 0 Å². The molecular weight excluding hydrogens is 360 g/mol. The first-order chi connectivity index (χ1) is 13.3. The predicted molar refractivity (Wildman–Crippen MR) is 104 cm³/mol. The van der Waals surface area contributed by atoms with Crippen molar-refractivity contribution in [3.63, 3.8) is 0 Å². The summed E-state index contributed by atoms with van der Waals surface area (Å²) in [6, 6.07) is 6.78. The molecule has 1 aliphatic heterocycles. The molecule has 2 N–H and O–H groups in total. The molecule has 2 aliphatic rings. The number of carboxylic acid groups (broad SMARTS) is 1. The van der Waals surface area contributed by atoms with Gasteiger partial charge in [-0.1, -0.05) is 36.9 Å². The van der Waals surface area contributed by atoms with Crippen molar-refractivity contribution in [1.29, 1.82) is 0 Å². The number of carboxylic acids is 1. The summed E-state index contributed by atoms with van der Waals surface area (Å²) >= 11 is 0. The van der Waals surface area contributed by atoms with Gasteiger partial charge in [-0.05, 0) is 29.2 Å². The highest BCUT2D eigenvalue weighted by molar-refractivity contribution is 5.83. The average molecular weight is 384 g/mol. The fourth-order valence-electron chi connectivity index (χ4n) is 4.08. The van der Waals surface area contributed by atoms with E-state index in [0.29, 0.717) is 0 Å². The Morgan fingerprint density at radius 1 is 1.39 bits per heavy atom. The topological polar surface area (TPSA) is 95.9 Å². The molecule has 1 saturated heterocycles. The van der Waals surface area contributed by atoms with E-state index in [2.05, 4.69) is 11.9 Å². The monoisotopic (exact) mass is 384 g/mol. The van der Waals surface area contributed by atoms with E-state index < -0.39 is 24.1 Å². The fourth-order valence-corrected chi connectivity index (χ4v) is 4.08. The first-order valence-corrected chi connectivity index (χ1v) is 9.16. The number of likely N-dealkylation sites (N-methyl/N-ethyl adjacent to an activating group) is 1. The van der Waals surface area contributed by atoms with Crippen LogP contribution in [0.4, 0.5) is 4.79 Å². The second kappa shape index (κ2) is 7.88. The van der Waals surface area contributed by atoms with E-state index >= 15 is 0 Å². The summed E-state index contributed by atoms with van der Waals surface area (Å²) in [5.74, 6) is -1.32. The number of amides is 2. The van der Waals surface area contributed by atoms with Gasteiger partial charge in [0.05, 0.1) is 18.5 Å². The number of carbonyl (C=O) groups excluding carboxylic acids is 2. The lowest BCUT2D eigenvalue weighted by molar-refractivity contribution is -0.138. The molecule has 1 aliphatic carbocycles. The van der Waals surface area contributed by atoms with E-state index in [-0.39, 0.29) is 31.3 Å². The number of nitrogens with zero attached hydrogens (tertiary/aromatic N) is 1. The van der Waals surface area contributed by atoms with Crippen molar-refractivity contribution in [3.05, 3.63) is 53.6 Å². The Labute approximate surface area is 163 Å². The van der Waals surface area contributed by atoms with E-state index in [1.165, 1.54) is 4.90 Å². The van der Waals surface area contributed by atoms with Crippen LogP contribution in [0.3, 0.4) is 0 Å². The van der Waals surface area contributed by atoms with E-state index in [0.717, 1.165) is 22.3 Å². The zero-order valence-corrected chi connectivity index (χ0v) is 16.0. The van der Waals surface area contributed by atoms with Crippen LogP contribution in [0.25, 0.3) is 5.57 Å². The van der Waals surface area contributed by atoms with Crippen molar-refractivity contribution in [2.24, 2.45) is 0 Å². The molecule has 0 radical (unpaired) electrons. The van der Waals surface area contributed by atoms with E-state index in [4.69, 9.17) is 9.84 Å². The van der Waals surface area contributed by atoms with E-state index in [9.17, 15) is 14.4 Å². The van der Waals surface area contributed by atoms with E-state index in [1.54, 1.807) is 13.1 Å². The SMILES string of the molecule is C=CC1=C(C)c2ccccc2C1COC(=O)N[C@H]1CC(=O)N(C)[C@@H]1CC(=O)O. The number of benzene rings is 1. The smallest absolute Gasteiger partial charge is 0.407 e. The Kier molecular flexibility index (Phi) is 5.53. The van der Waals surface area contributed by atoms with Gasteiger partial charge < -0.3 is 20.1 Å². The highest BCUT2D eigenvalue weighted by atomic mass is 16.5. The molecule has 1 heterocycles. The molecule has 0 bridgehead atoms. The van der Waals surface area contributed by atoms with Crippen molar-refractivity contribution < 1.29 is 24.2 Å². The zero-order valence-electron chi connectivity index (χ0n) is 16.0. The quantitative estimate of drug-likeness (QED) is 0.786. The van der Waals surface area contributed by atoms with Crippen LogP contribution in [0.2, 0.25) is 0 Å². The predicted octanol–water partition coefficient (Wildman–Crippen LogP) is 2.54. The molecular formula is C21H24N2O5. The number of aliphatic carboxylic acids is 1. The molecule has 1 aromatic rings. The van der Waals surface area contributed by atoms with E-state index in [1.807, 2.05) is 31.2 Å². The third-order valence-electron chi connectivity index (χ3n) is 5.59. The number of fused-ring (bicyclic) bond motifs is 1. The highest BCUT2D eigenvalue weighted by Gasteiger charge is 2.40. The fraction of sp³-hybridized carbons (Fsp3) is 0.381. The minimum absolute atomic E-state index is 0.0622. The van der Waals surface area contributed by atoms with Gasteiger partial charge in [0.1, 0.15) is 6.61 Å². The molecule has 7 heteroatoms. The Balaban J connectivity index is 1.65. The van der Waals surface area contributed by atoms with Crippen molar-refractivity contribution in [2.45, 2.75) is 37.8 Å². The van der Waals surface area contributed by atoms with Crippen LogP contribution in [-0.2, 0) is 14.3 Å². The number of hydrogen-bond acceptors (Lipinski definition) is 4. The average Bonchev–Trinajstić information content (AvgIpc) is 3.08. The lowest BCUT2D eigenvalue weighted by Crippen LogP contribution is -2.45. The van der Waals surface area contributed by atoms with Crippen LogP contribution in [0, 0.1) is 0 Å². The van der Waals surface area contributed by atoms with Crippen LogP contribution < -0.4 is 5.32 Å². The minimum atomic E-state index is -1.02. The van der Waals surface area contributed by atoms with Gasteiger partial charge in [0.25, 0.3) is 0 Å². The van der Waals surface area contributed by atoms with Crippen molar-refractivity contribution >= 4 is 23.5 Å².